The molecule has 2 unspecified atom stereocenters. The molecule has 5 nitrogen and oxygen atoms in total. The van der Waals surface area contributed by atoms with Gasteiger partial charge >= 0.3 is 6.09 Å². The summed E-state index contributed by atoms with van der Waals surface area (Å²) in [7, 11) is 0. The number of halogens is 1. The van der Waals surface area contributed by atoms with E-state index in [1.165, 1.54) is 0 Å². The second-order valence-corrected chi connectivity index (χ2v) is 7.01. The van der Waals surface area contributed by atoms with Crippen LogP contribution in [-0.2, 0) is 0 Å². The van der Waals surface area contributed by atoms with Crippen molar-refractivity contribution in [2.45, 2.75) is 51.6 Å². The van der Waals surface area contributed by atoms with Gasteiger partial charge in [-0.1, -0.05) is 49.9 Å². The van der Waals surface area contributed by atoms with Crippen LogP contribution in [0.15, 0.2) is 18.2 Å². The molecule has 1 saturated heterocycles. The highest BCUT2D eigenvalue weighted by molar-refractivity contribution is 6.32. The van der Waals surface area contributed by atoms with E-state index < -0.39 is 11.8 Å². The minimum Gasteiger partial charge on any atom is -0.465 e. The highest BCUT2D eigenvalue weighted by Crippen LogP contribution is 2.35. The molecule has 1 aromatic carbocycles. The molecule has 0 spiro atoms. The van der Waals surface area contributed by atoms with Crippen molar-refractivity contribution in [1.29, 1.82) is 0 Å². The molecule has 3 N–H and O–H groups in total. The van der Waals surface area contributed by atoms with Gasteiger partial charge in [-0.25, -0.2) is 4.79 Å². The largest absolute Gasteiger partial charge is 0.465 e. The molecule has 2 rings (SSSR count). The van der Waals surface area contributed by atoms with Crippen LogP contribution in [0.2, 0.25) is 5.02 Å². The number of nitrogens with two attached hydrogens (primary N) is 1. The Morgan fingerprint density at radius 2 is 2.17 bits per heavy atom. The molecule has 0 bridgehead atoms. The van der Waals surface area contributed by atoms with E-state index in [1.807, 2.05) is 0 Å². The molecule has 0 aromatic heterocycles. The molecule has 1 aromatic rings. The lowest BCUT2D eigenvalue weighted by Crippen LogP contribution is -2.66. The van der Waals surface area contributed by atoms with Crippen molar-refractivity contribution in [2.24, 2.45) is 11.7 Å². The van der Waals surface area contributed by atoms with E-state index in [2.05, 4.69) is 6.92 Å². The van der Waals surface area contributed by atoms with Crippen LogP contribution in [0.5, 0.6) is 0 Å². The molecule has 1 heterocycles. The number of Topliss-reactive ketones (excluding diaryl/α,β-unsaturated/α-hetero) is 1. The van der Waals surface area contributed by atoms with E-state index in [0.29, 0.717) is 22.6 Å². The van der Waals surface area contributed by atoms with Crippen molar-refractivity contribution in [3.8, 4) is 0 Å². The van der Waals surface area contributed by atoms with Crippen LogP contribution in [0.3, 0.4) is 0 Å². The number of amides is 1. The van der Waals surface area contributed by atoms with Gasteiger partial charge in [0, 0.05) is 17.1 Å². The summed E-state index contributed by atoms with van der Waals surface area (Å²) in [5.41, 5.74) is 5.91. The monoisotopic (exact) mass is 352 g/mol. The number of hydrogen-bond donors (Lipinski definition) is 2. The third-order valence-corrected chi connectivity index (χ3v) is 5.35. The second-order valence-electron chi connectivity index (χ2n) is 6.60. The van der Waals surface area contributed by atoms with E-state index in [0.717, 1.165) is 30.6 Å². The molecule has 1 aliphatic rings. The maximum atomic E-state index is 13.1. The molecule has 6 heteroatoms. The lowest BCUT2D eigenvalue weighted by atomic mass is 9.79. The number of rotatable bonds is 5. The minimum absolute atomic E-state index is 0.258. The van der Waals surface area contributed by atoms with Gasteiger partial charge < -0.3 is 10.8 Å². The Hall–Kier alpha value is -1.59. The first-order valence-corrected chi connectivity index (χ1v) is 8.78. The lowest BCUT2D eigenvalue weighted by Gasteiger charge is -2.44. The molecular formula is C18H25ClN2O3. The van der Waals surface area contributed by atoms with E-state index >= 15 is 0 Å². The lowest BCUT2D eigenvalue weighted by molar-refractivity contribution is 0.0250. The average molecular weight is 353 g/mol. The Labute approximate surface area is 147 Å². The summed E-state index contributed by atoms with van der Waals surface area (Å²) >= 11 is 6.12. The SMILES string of the molecule is CCCCC1CCN(C(=O)O)C(N)(C(=O)c2cccc(Cl)c2C)C1. The summed E-state index contributed by atoms with van der Waals surface area (Å²) in [6, 6.07) is 5.05. The fourth-order valence-corrected chi connectivity index (χ4v) is 3.65. The molecule has 2 atom stereocenters. The van der Waals surface area contributed by atoms with Crippen LogP contribution < -0.4 is 5.73 Å². The van der Waals surface area contributed by atoms with Crippen molar-refractivity contribution < 1.29 is 14.7 Å². The molecule has 0 aliphatic carbocycles. The van der Waals surface area contributed by atoms with Crippen molar-refractivity contribution in [1.82, 2.24) is 4.90 Å². The average Bonchev–Trinajstić information content (AvgIpc) is 2.54. The molecule has 1 amide bonds. The van der Waals surface area contributed by atoms with Gasteiger partial charge in [-0.05, 0) is 37.3 Å². The summed E-state index contributed by atoms with van der Waals surface area (Å²) in [6.07, 6.45) is 3.03. The smallest absolute Gasteiger partial charge is 0.409 e. The minimum atomic E-state index is -1.53. The van der Waals surface area contributed by atoms with Crippen LogP contribution in [0.25, 0.3) is 0 Å². The van der Waals surface area contributed by atoms with Crippen LogP contribution in [0.1, 0.15) is 54.9 Å². The van der Waals surface area contributed by atoms with Crippen molar-refractivity contribution >= 4 is 23.5 Å². The molecule has 24 heavy (non-hydrogen) atoms. The van der Waals surface area contributed by atoms with Gasteiger partial charge in [0.05, 0.1) is 0 Å². The molecule has 132 valence electrons. The first kappa shape index (κ1) is 18.7. The first-order valence-electron chi connectivity index (χ1n) is 8.40. The predicted molar refractivity (Wildman–Crippen MR) is 94.4 cm³/mol. The number of ketones is 1. The van der Waals surface area contributed by atoms with E-state index in [1.54, 1.807) is 25.1 Å². The summed E-state index contributed by atoms with van der Waals surface area (Å²) < 4.78 is 0. The Kier molecular flexibility index (Phi) is 5.88. The Balaban J connectivity index is 2.37. The topological polar surface area (TPSA) is 83.6 Å². The fraction of sp³-hybridized carbons (Fsp3) is 0.556. The number of carbonyl (C=O) groups is 2. The van der Waals surface area contributed by atoms with E-state index in [-0.39, 0.29) is 18.2 Å². The quantitative estimate of drug-likeness (QED) is 0.782. The van der Waals surface area contributed by atoms with Crippen LogP contribution >= 0.6 is 11.6 Å². The number of unbranched alkanes of at least 4 members (excludes halogenated alkanes) is 1. The zero-order valence-electron chi connectivity index (χ0n) is 14.2. The number of carbonyl (C=O) groups excluding carboxylic acids is 1. The highest BCUT2D eigenvalue weighted by atomic mass is 35.5. The predicted octanol–water partition coefficient (Wildman–Crippen LogP) is 4.07. The fourth-order valence-electron chi connectivity index (χ4n) is 3.47. The second kappa shape index (κ2) is 7.53. The summed E-state index contributed by atoms with van der Waals surface area (Å²) in [4.78, 5) is 25.9. The molecular weight excluding hydrogens is 328 g/mol. The number of nitrogens with zero attached hydrogens (tertiary/aromatic N) is 1. The van der Waals surface area contributed by atoms with Gasteiger partial charge in [-0.15, -0.1) is 0 Å². The van der Waals surface area contributed by atoms with Gasteiger partial charge in [0.1, 0.15) is 0 Å². The number of carboxylic acid groups (broad SMARTS) is 1. The number of hydrogen-bond acceptors (Lipinski definition) is 3. The number of likely N-dealkylation sites (tertiary alicyclic amines) is 1. The zero-order chi connectivity index (χ0) is 17.9. The van der Waals surface area contributed by atoms with Gasteiger partial charge in [0.25, 0.3) is 0 Å². The van der Waals surface area contributed by atoms with Gasteiger partial charge in [0.2, 0.25) is 5.78 Å². The van der Waals surface area contributed by atoms with E-state index in [9.17, 15) is 14.7 Å². The van der Waals surface area contributed by atoms with Crippen LogP contribution in [-0.4, -0.2) is 34.1 Å². The van der Waals surface area contributed by atoms with Gasteiger partial charge in [-0.3, -0.25) is 9.69 Å². The Morgan fingerprint density at radius 3 is 2.79 bits per heavy atom. The standard InChI is InChI=1S/C18H25ClN2O3/c1-3-4-6-13-9-10-21(17(23)24)18(20,11-13)16(22)14-7-5-8-15(19)12(14)2/h5,7-8,13H,3-4,6,9-11,20H2,1-2H3,(H,23,24). The first-order chi connectivity index (χ1) is 11.3. The Morgan fingerprint density at radius 1 is 1.46 bits per heavy atom. The molecule has 1 fully saturated rings. The number of benzene rings is 1. The summed E-state index contributed by atoms with van der Waals surface area (Å²) in [5, 5.41) is 10.0. The van der Waals surface area contributed by atoms with Crippen molar-refractivity contribution in [3.63, 3.8) is 0 Å². The molecule has 0 radical (unpaired) electrons. The molecule has 0 saturated carbocycles. The van der Waals surface area contributed by atoms with Crippen LogP contribution in [0.4, 0.5) is 4.79 Å². The van der Waals surface area contributed by atoms with Crippen molar-refractivity contribution in [3.05, 3.63) is 34.3 Å². The third kappa shape index (κ3) is 3.57. The maximum absolute atomic E-state index is 13.1. The zero-order valence-corrected chi connectivity index (χ0v) is 15.0. The van der Waals surface area contributed by atoms with E-state index in [4.69, 9.17) is 17.3 Å². The van der Waals surface area contributed by atoms with Gasteiger partial charge in [-0.2, -0.15) is 0 Å². The van der Waals surface area contributed by atoms with Crippen LogP contribution in [0, 0.1) is 12.8 Å². The third-order valence-electron chi connectivity index (χ3n) is 4.94. The summed E-state index contributed by atoms with van der Waals surface area (Å²) in [6.45, 7) is 4.15. The summed E-state index contributed by atoms with van der Waals surface area (Å²) in [5.74, 6) is -0.111. The normalized spacial score (nSPS) is 24.0. The maximum Gasteiger partial charge on any atom is 0.409 e. The Bertz CT molecular complexity index is 635. The number of piperidine rings is 1. The highest BCUT2D eigenvalue weighted by Gasteiger charge is 2.48. The molecule has 1 aliphatic heterocycles. The van der Waals surface area contributed by atoms with Gasteiger partial charge in [0.15, 0.2) is 5.66 Å². The van der Waals surface area contributed by atoms with Crippen molar-refractivity contribution in [2.75, 3.05) is 6.54 Å².